The molecule has 0 radical (unpaired) electrons. The standard InChI is InChI=1S/C16H12BrF2N3/c1-8-10(6-20-7-11(8)17)16-21-13-5-4-12(18)14(19)15(13)22(16)9-2-3-9/h4-7,9H,2-3H2,1H3. The van der Waals surface area contributed by atoms with Gasteiger partial charge in [-0.1, -0.05) is 0 Å². The van der Waals surface area contributed by atoms with Crippen LogP contribution in [0.3, 0.4) is 0 Å². The second-order valence-corrected chi connectivity index (χ2v) is 6.41. The van der Waals surface area contributed by atoms with E-state index in [-0.39, 0.29) is 11.6 Å². The molecule has 0 unspecified atom stereocenters. The highest BCUT2D eigenvalue weighted by molar-refractivity contribution is 9.10. The summed E-state index contributed by atoms with van der Waals surface area (Å²) in [7, 11) is 0. The van der Waals surface area contributed by atoms with Crippen LogP contribution in [0, 0.1) is 18.6 Å². The largest absolute Gasteiger partial charge is 0.318 e. The fourth-order valence-electron chi connectivity index (χ4n) is 2.73. The predicted molar refractivity (Wildman–Crippen MR) is 83.6 cm³/mol. The van der Waals surface area contributed by atoms with E-state index in [1.165, 1.54) is 6.07 Å². The molecule has 1 saturated carbocycles. The maximum Gasteiger partial charge on any atom is 0.184 e. The van der Waals surface area contributed by atoms with E-state index < -0.39 is 11.6 Å². The molecule has 1 aliphatic rings. The van der Waals surface area contributed by atoms with Crippen molar-refractivity contribution in [3.8, 4) is 11.4 Å². The van der Waals surface area contributed by atoms with Crippen LogP contribution in [-0.4, -0.2) is 14.5 Å². The van der Waals surface area contributed by atoms with Crippen LogP contribution < -0.4 is 0 Å². The minimum Gasteiger partial charge on any atom is -0.318 e. The molecule has 0 bridgehead atoms. The summed E-state index contributed by atoms with van der Waals surface area (Å²) >= 11 is 3.46. The molecule has 0 aliphatic heterocycles. The summed E-state index contributed by atoms with van der Waals surface area (Å²) in [6.07, 6.45) is 5.33. The Bertz CT molecular complexity index is 900. The van der Waals surface area contributed by atoms with Gasteiger partial charge in [0.15, 0.2) is 11.6 Å². The van der Waals surface area contributed by atoms with Gasteiger partial charge in [0.05, 0.1) is 5.52 Å². The minimum atomic E-state index is -0.843. The molecule has 3 nitrogen and oxygen atoms in total. The second kappa shape index (κ2) is 4.84. The normalized spacial score (nSPS) is 14.7. The SMILES string of the molecule is Cc1c(Br)cncc1-c1nc2ccc(F)c(F)c2n1C1CC1. The summed E-state index contributed by atoms with van der Waals surface area (Å²) in [4.78, 5) is 8.73. The number of halogens is 3. The molecule has 2 aromatic heterocycles. The third-order valence-electron chi connectivity index (χ3n) is 4.05. The average molecular weight is 364 g/mol. The van der Waals surface area contributed by atoms with Crippen molar-refractivity contribution < 1.29 is 8.78 Å². The zero-order valence-corrected chi connectivity index (χ0v) is 13.4. The fraction of sp³-hybridized carbons (Fsp3) is 0.250. The first kappa shape index (κ1) is 13.8. The number of imidazole rings is 1. The van der Waals surface area contributed by atoms with Crippen LogP contribution in [0.2, 0.25) is 0 Å². The van der Waals surface area contributed by atoms with Gasteiger partial charge < -0.3 is 4.57 Å². The Morgan fingerprint density at radius 1 is 1.23 bits per heavy atom. The Hall–Kier alpha value is -1.82. The molecule has 6 heteroatoms. The van der Waals surface area contributed by atoms with Crippen LogP contribution in [0.15, 0.2) is 29.0 Å². The minimum absolute atomic E-state index is 0.176. The van der Waals surface area contributed by atoms with Crippen molar-refractivity contribution in [1.29, 1.82) is 0 Å². The Kier molecular flexibility index (Phi) is 3.04. The highest BCUT2D eigenvalue weighted by atomic mass is 79.9. The van der Waals surface area contributed by atoms with E-state index in [1.54, 1.807) is 12.4 Å². The van der Waals surface area contributed by atoms with Crippen LogP contribution >= 0.6 is 15.9 Å². The first-order valence-corrected chi connectivity index (χ1v) is 7.83. The second-order valence-electron chi connectivity index (χ2n) is 5.56. The molecule has 2 heterocycles. The van der Waals surface area contributed by atoms with Crippen LogP contribution in [0.25, 0.3) is 22.4 Å². The molecule has 112 valence electrons. The lowest BCUT2D eigenvalue weighted by Crippen LogP contribution is -2.01. The van der Waals surface area contributed by atoms with E-state index in [1.807, 2.05) is 11.5 Å². The fourth-order valence-corrected chi connectivity index (χ4v) is 3.06. The number of hydrogen-bond acceptors (Lipinski definition) is 2. The van der Waals surface area contributed by atoms with Gasteiger partial charge >= 0.3 is 0 Å². The van der Waals surface area contributed by atoms with Gasteiger partial charge in [0.1, 0.15) is 11.3 Å². The Labute approximate surface area is 134 Å². The summed E-state index contributed by atoms with van der Waals surface area (Å²) in [6.45, 7) is 1.95. The van der Waals surface area contributed by atoms with Gasteiger partial charge in [-0.3, -0.25) is 4.98 Å². The lowest BCUT2D eigenvalue weighted by atomic mass is 10.1. The van der Waals surface area contributed by atoms with E-state index in [2.05, 4.69) is 25.9 Å². The molecule has 0 atom stereocenters. The predicted octanol–water partition coefficient (Wildman–Crippen LogP) is 4.78. The summed E-state index contributed by atoms with van der Waals surface area (Å²) in [5, 5.41) is 0. The van der Waals surface area contributed by atoms with E-state index in [0.29, 0.717) is 11.3 Å². The number of hydrogen-bond donors (Lipinski definition) is 0. The number of rotatable bonds is 2. The number of aromatic nitrogens is 3. The lowest BCUT2D eigenvalue weighted by Gasteiger charge is -2.10. The average Bonchev–Trinajstić information content (AvgIpc) is 3.26. The summed E-state index contributed by atoms with van der Waals surface area (Å²) in [5.74, 6) is -1.03. The number of nitrogens with zero attached hydrogens (tertiary/aromatic N) is 3. The molecule has 0 saturated heterocycles. The highest BCUT2D eigenvalue weighted by Crippen LogP contribution is 2.42. The number of pyridine rings is 1. The number of benzene rings is 1. The van der Waals surface area contributed by atoms with Gasteiger partial charge in [-0.25, -0.2) is 13.8 Å². The van der Waals surface area contributed by atoms with Crippen LogP contribution in [0.1, 0.15) is 24.4 Å². The van der Waals surface area contributed by atoms with Crippen molar-refractivity contribution in [2.24, 2.45) is 0 Å². The third kappa shape index (κ3) is 1.97. The summed E-state index contributed by atoms with van der Waals surface area (Å²) in [6, 6.07) is 2.82. The summed E-state index contributed by atoms with van der Waals surface area (Å²) in [5.41, 5.74) is 2.53. The first-order valence-electron chi connectivity index (χ1n) is 7.04. The lowest BCUT2D eigenvalue weighted by molar-refractivity contribution is 0.511. The van der Waals surface area contributed by atoms with Crippen molar-refractivity contribution in [3.05, 3.63) is 46.2 Å². The molecule has 1 aliphatic carbocycles. The molecule has 1 fully saturated rings. The Balaban J connectivity index is 2.08. The van der Waals surface area contributed by atoms with E-state index in [4.69, 9.17) is 0 Å². The summed E-state index contributed by atoms with van der Waals surface area (Å²) < 4.78 is 30.6. The monoisotopic (exact) mass is 363 g/mol. The Morgan fingerprint density at radius 3 is 2.73 bits per heavy atom. The Morgan fingerprint density at radius 2 is 2.00 bits per heavy atom. The molecule has 4 rings (SSSR count). The van der Waals surface area contributed by atoms with Crippen molar-refractivity contribution in [2.45, 2.75) is 25.8 Å². The van der Waals surface area contributed by atoms with Gasteiger partial charge in [-0.15, -0.1) is 0 Å². The quantitative estimate of drug-likeness (QED) is 0.655. The van der Waals surface area contributed by atoms with Crippen molar-refractivity contribution in [3.63, 3.8) is 0 Å². The first-order chi connectivity index (χ1) is 10.6. The zero-order chi connectivity index (χ0) is 15.4. The maximum atomic E-state index is 14.3. The topological polar surface area (TPSA) is 30.7 Å². The molecule has 0 amide bonds. The van der Waals surface area contributed by atoms with Crippen LogP contribution in [0.4, 0.5) is 8.78 Å². The molecular weight excluding hydrogens is 352 g/mol. The van der Waals surface area contributed by atoms with Gasteiger partial charge in [-0.2, -0.15) is 0 Å². The van der Waals surface area contributed by atoms with Crippen LogP contribution in [0.5, 0.6) is 0 Å². The van der Waals surface area contributed by atoms with Gasteiger partial charge in [0.25, 0.3) is 0 Å². The van der Waals surface area contributed by atoms with Crippen LogP contribution in [-0.2, 0) is 0 Å². The van der Waals surface area contributed by atoms with Crippen molar-refractivity contribution >= 4 is 27.0 Å². The van der Waals surface area contributed by atoms with Crippen molar-refractivity contribution in [1.82, 2.24) is 14.5 Å². The molecule has 1 aromatic carbocycles. The highest BCUT2D eigenvalue weighted by Gasteiger charge is 2.31. The molecular formula is C16H12BrF2N3. The van der Waals surface area contributed by atoms with E-state index in [0.717, 1.165) is 34.5 Å². The van der Waals surface area contributed by atoms with Crippen molar-refractivity contribution in [2.75, 3.05) is 0 Å². The zero-order valence-electron chi connectivity index (χ0n) is 11.8. The number of fused-ring (bicyclic) bond motifs is 1. The molecule has 0 N–H and O–H groups in total. The molecule has 0 spiro atoms. The van der Waals surface area contributed by atoms with Gasteiger partial charge in [-0.05, 0) is 53.4 Å². The maximum absolute atomic E-state index is 14.3. The van der Waals surface area contributed by atoms with Gasteiger partial charge in [0.2, 0.25) is 0 Å². The van der Waals surface area contributed by atoms with Gasteiger partial charge in [0, 0.05) is 28.5 Å². The molecule has 3 aromatic rings. The molecule has 22 heavy (non-hydrogen) atoms. The smallest absolute Gasteiger partial charge is 0.184 e. The third-order valence-corrected chi connectivity index (χ3v) is 4.85. The van der Waals surface area contributed by atoms with E-state index in [9.17, 15) is 8.78 Å². The van der Waals surface area contributed by atoms with E-state index >= 15 is 0 Å².